The minimum atomic E-state index is 0.104. The minimum absolute atomic E-state index is 0.104. The molecule has 0 spiro atoms. The molecule has 0 unspecified atom stereocenters. The summed E-state index contributed by atoms with van der Waals surface area (Å²) in [5.74, 6) is 3.49. The third kappa shape index (κ3) is 3.47. The molecule has 0 atom stereocenters. The lowest BCUT2D eigenvalue weighted by molar-refractivity contribution is 0.104. The van der Waals surface area contributed by atoms with Crippen LogP contribution in [0.3, 0.4) is 0 Å². The summed E-state index contributed by atoms with van der Waals surface area (Å²) in [5, 5.41) is 3.46. The van der Waals surface area contributed by atoms with Crippen molar-refractivity contribution in [1.82, 2.24) is 5.32 Å². The highest BCUT2D eigenvalue weighted by Crippen LogP contribution is 2.43. The molecule has 0 aromatic carbocycles. The highest BCUT2D eigenvalue weighted by molar-refractivity contribution is 4.99. The molecule has 2 nitrogen and oxygen atoms in total. The van der Waals surface area contributed by atoms with Crippen LogP contribution in [0.4, 0.5) is 0 Å². The highest BCUT2D eigenvalue weighted by atomic mass is 15.0. The average molecular weight is 236 g/mol. The minimum Gasteiger partial charge on any atom is -0.329 e. The Kier molecular flexibility index (Phi) is 5.04. The average Bonchev–Trinajstić information content (AvgIpc) is 2.37. The van der Waals surface area contributed by atoms with Crippen LogP contribution in [-0.4, -0.2) is 18.6 Å². The third-order valence-corrected chi connectivity index (χ3v) is 4.92. The fourth-order valence-corrected chi connectivity index (χ4v) is 2.93. The van der Waals surface area contributed by atoms with Gasteiger partial charge in [-0.1, -0.05) is 33.1 Å². The van der Waals surface area contributed by atoms with Crippen LogP contribution in [0.25, 0.3) is 0 Å². The van der Waals surface area contributed by atoms with Gasteiger partial charge in [0.05, 0.1) is 6.54 Å². The van der Waals surface area contributed by atoms with Gasteiger partial charge < -0.3 is 5.73 Å². The first kappa shape index (κ1) is 14.5. The van der Waals surface area contributed by atoms with Crippen molar-refractivity contribution in [3.05, 3.63) is 0 Å². The maximum absolute atomic E-state index is 5.93. The second kappa shape index (κ2) is 5.89. The van der Waals surface area contributed by atoms with Gasteiger partial charge in [0.2, 0.25) is 0 Å². The van der Waals surface area contributed by atoms with Crippen molar-refractivity contribution in [2.75, 3.05) is 13.1 Å². The molecule has 17 heavy (non-hydrogen) atoms. The topological polar surface area (TPSA) is 38.0 Å². The monoisotopic (exact) mass is 236 g/mol. The Hall–Kier alpha value is -0.520. The van der Waals surface area contributed by atoms with Crippen molar-refractivity contribution in [2.24, 2.45) is 17.1 Å². The Morgan fingerprint density at radius 2 is 2.00 bits per heavy atom. The fourth-order valence-electron chi connectivity index (χ4n) is 2.93. The lowest BCUT2D eigenvalue weighted by atomic mass is 9.65. The molecule has 98 valence electrons. The van der Waals surface area contributed by atoms with E-state index in [2.05, 4.69) is 32.0 Å². The molecule has 0 aromatic rings. The van der Waals surface area contributed by atoms with Gasteiger partial charge in [-0.3, -0.25) is 5.32 Å². The van der Waals surface area contributed by atoms with Gasteiger partial charge in [-0.25, -0.2) is 0 Å². The maximum Gasteiger partial charge on any atom is 0.0578 e. The van der Waals surface area contributed by atoms with Crippen molar-refractivity contribution in [3.8, 4) is 12.3 Å². The lowest BCUT2D eigenvalue weighted by Gasteiger charge is -2.45. The van der Waals surface area contributed by atoms with Gasteiger partial charge in [0.25, 0.3) is 0 Å². The molecule has 0 aromatic heterocycles. The number of rotatable bonds is 5. The predicted molar refractivity (Wildman–Crippen MR) is 74.7 cm³/mol. The molecule has 1 fully saturated rings. The van der Waals surface area contributed by atoms with Crippen molar-refractivity contribution in [2.45, 2.75) is 58.4 Å². The first-order valence-electron chi connectivity index (χ1n) is 6.88. The Morgan fingerprint density at radius 1 is 1.41 bits per heavy atom. The first-order chi connectivity index (χ1) is 7.99. The van der Waals surface area contributed by atoms with Crippen LogP contribution in [0.1, 0.15) is 52.9 Å². The second-order valence-electron chi connectivity index (χ2n) is 6.16. The fraction of sp³-hybridized carbons (Fsp3) is 0.867. The summed E-state index contributed by atoms with van der Waals surface area (Å²) < 4.78 is 0. The van der Waals surface area contributed by atoms with Crippen LogP contribution in [0.15, 0.2) is 0 Å². The molecule has 1 saturated carbocycles. The lowest BCUT2D eigenvalue weighted by Crippen LogP contribution is -2.54. The number of hydrogen-bond acceptors (Lipinski definition) is 2. The first-order valence-corrected chi connectivity index (χ1v) is 6.88. The Bertz CT molecular complexity index is 267. The molecular formula is C15H28N2. The zero-order valence-corrected chi connectivity index (χ0v) is 11.7. The molecule has 3 N–H and O–H groups in total. The smallest absolute Gasteiger partial charge is 0.0578 e. The Balaban J connectivity index is 2.56. The van der Waals surface area contributed by atoms with E-state index in [1.807, 2.05) is 0 Å². The van der Waals surface area contributed by atoms with Crippen molar-refractivity contribution < 1.29 is 0 Å². The molecule has 2 heteroatoms. The van der Waals surface area contributed by atoms with Crippen molar-refractivity contribution >= 4 is 0 Å². The summed E-state index contributed by atoms with van der Waals surface area (Å²) in [5.41, 5.74) is 6.50. The largest absolute Gasteiger partial charge is 0.329 e. The van der Waals surface area contributed by atoms with E-state index in [-0.39, 0.29) is 5.54 Å². The molecule has 0 bridgehead atoms. The molecule has 0 radical (unpaired) electrons. The second-order valence-corrected chi connectivity index (χ2v) is 6.16. The van der Waals surface area contributed by atoms with E-state index in [1.54, 1.807) is 0 Å². The van der Waals surface area contributed by atoms with Gasteiger partial charge in [-0.15, -0.1) is 6.42 Å². The summed E-state index contributed by atoms with van der Waals surface area (Å²) in [6.45, 7) is 8.42. The zero-order valence-electron chi connectivity index (χ0n) is 11.7. The van der Waals surface area contributed by atoms with Crippen LogP contribution in [-0.2, 0) is 0 Å². The van der Waals surface area contributed by atoms with Gasteiger partial charge in [-0.05, 0) is 37.0 Å². The van der Waals surface area contributed by atoms with Crippen molar-refractivity contribution in [1.29, 1.82) is 0 Å². The third-order valence-electron chi connectivity index (χ3n) is 4.92. The summed E-state index contributed by atoms with van der Waals surface area (Å²) in [4.78, 5) is 0. The van der Waals surface area contributed by atoms with Crippen LogP contribution >= 0.6 is 0 Å². The van der Waals surface area contributed by atoms with E-state index < -0.39 is 0 Å². The molecule has 0 saturated heterocycles. The van der Waals surface area contributed by atoms with Gasteiger partial charge in [0, 0.05) is 12.1 Å². The van der Waals surface area contributed by atoms with E-state index in [1.165, 1.54) is 32.1 Å². The van der Waals surface area contributed by atoms with Gasteiger partial charge >= 0.3 is 0 Å². The molecule has 0 amide bonds. The number of nitrogens with two attached hydrogens (primary N) is 1. The van der Waals surface area contributed by atoms with Crippen molar-refractivity contribution in [3.63, 3.8) is 0 Å². The summed E-state index contributed by atoms with van der Waals surface area (Å²) in [6.07, 6.45) is 11.5. The number of terminal acetylenes is 1. The number of nitrogens with one attached hydrogen (secondary N) is 1. The molecule has 0 aliphatic heterocycles. The molecule has 1 aliphatic carbocycles. The highest BCUT2D eigenvalue weighted by Gasteiger charge is 2.38. The molecular weight excluding hydrogens is 208 g/mol. The quantitative estimate of drug-likeness (QED) is 0.720. The van der Waals surface area contributed by atoms with Crippen LogP contribution in [0.2, 0.25) is 0 Å². The van der Waals surface area contributed by atoms with Crippen LogP contribution < -0.4 is 11.1 Å². The van der Waals surface area contributed by atoms with Crippen LogP contribution in [0.5, 0.6) is 0 Å². The van der Waals surface area contributed by atoms with E-state index in [9.17, 15) is 0 Å². The Labute approximate surface area is 107 Å². The SMILES string of the molecule is C#CCNC1(CN)CCC(C(C)(C)CC)CC1. The standard InChI is InChI=1S/C15H28N2/c1-5-11-17-15(12-16)9-7-13(8-10-15)14(3,4)6-2/h1,13,17H,6-12,16H2,2-4H3. The van der Waals surface area contributed by atoms with Gasteiger partial charge in [0.15, 0.2) is 0 Å². The molecule has 1 aliphatic rings. The summed E-state index contributed by atoms with van der Waals surface area (Å²) in [7, 11) is 0. The van der Waals surface area contributed by atoms with Gasteiger partial charge in [0.1, 0.15) is 0 Å². The van der Waals surface area contributed by atoms with Gasteiger partial charge in [-0.2, -0.15) is 0 Å². The summed E-state index contributed by atoms with van der Waals surface area (Å²) >= 11 is 0. The number of hydrogen-bond donors (Lipinski definition) is 2. The predicted octanol–water partition coefficient (Wildman–Crippen LogP) is 2.53. The van der Waals surface area contributed by atoms with E-state index in [0.717, 1.165) is 5.92 Å². The molecule has 1 rings (SSSR count). The normalized spacial score (nSPS) is 29.9. The zero-order chi connectivity index (χ0) is 12.9. The summed E-state index contributed by atoms with van der Waals surface area (Å²) in [6, 6.07) is 0. The van der Waals surface area contributed by atoms with Crippen LogP contribution in [0, 0.1) is 23.7 Å². The van der Waals surface area contributed by atoms with E-state index in [0.29, 0.717) is 18.5 Å². The van der Waals surface area contributed by atoms with E-state index >= 15 is 0 Å². The van der Waals surface area contributed by atoms with E-state index in [4.69, 9.17) is 12.2 Å². The molecule has 0 heterocycles. The Morgan fingerprint density at radius 3 is 2.41 bits per heavy atom. The maximum atomic E-state index is 5.93.